The molecule has 1 aromatic heterocycles. The number of carboxylic acid groups (broad SMARTS) is 1. The van der Waals surface area contributed by atoms with Crippen molar-refractivity contribution in [3.63, 3.8) is 0 Å². The number of carbonyl (C=O) groups excluding carboxylic acids is 1. The molecule has 8 heteroatoms. The van der Waals surface area contributed by atoms with Gasteiger partial charge in [-0.05, 0) is 38.0 Å². The van der Waals surface area contributed by atoms with Crippen LogP contribution in [-0.2, 0) is 4.79 Å². The van der Waals surface area contributed by atoms with Gasteiger partial charge in [-0.3, -0.25) is 4.79 Å². The van der Waals surface area contributed by atoms with Crippen LogP contribution in [0.4, 0.5) is 4.39 Å². The van der Waals surface area contributed by atoms with Gasteiger partial charge >= 0.3 is 5.97 Å². The lowest BCUT2D eigenvalue weighted by Gasteiger charge is -2.30. The number of aromatic nitrogens is 1. The van der Waals surface area contributed by atoms with E-state index in [1.807, 2.05) is 0 Å². The zero-order valence-corrected chi connectivity index (χ0v) is 14.3. The molecule has 1 unspecified atom stereocenters. The van der Waals surface area contributed by atoms with Crippen LogP contribution in [0.5, 0.6) is 0 Å². The second-order valence-electron chi connectivity index (χ2n) is 5.80. The van der Waals surface area contributed by atoms with E-state index in [0.29, 0.717) is 23.9 Å². The predicted octanol–water partition coefficient (Wildman–Crippen LogP) is 3.32. The van der Waals surface area contributed by atoms with Gasteiger partial charge in [-0.15, -0.1) is 0 Å². The average Bonchev–Trinajstić information content (AvgIpc) is 3.14. The fraction of sp³-hybridized carbons (Fsp3) is 0.312. The molecule has 0 saturated carbocycles. The summed E-state index contributed by atoms with van der Waals surface area (Å²) in [6, 6.07) is 4.38. The Bertz CT molecular complexity index is 822. The lowest BCUT2D eigenvalue weighted by atomic mass is 9.99. The fourth-order valence-electron chi connectivity index (χ4n) is 2.81. The number of rotatable bonds is 3. The maximum absolute atomic E-state index is 14.0. The second-order valence-corrected chi connectivity index (χ2v) is 6.72. The van der Waals surface area contributed by atoms with Crippen molar-refractivity contribution in [3.05, 3.63) is 40.4 Å². The van der Waals surface area contributed by atoms with Crippen molar-refractivity contribution in [3.8, 4) is 11.5 Å². The highest BCUT2D eigenvalue weighted by molar-refractivity contribution is 9.10. The SMILES string of the molecule is CC1(C(=O)O)CCCN1C(=O)c1coc(-c2ccc(Br)cc2F)n1. The quantitative estimate of drug-likeness (QED) is 0.859. The van der Waals surface area contributed by atoms with Gasteiger partial charge in [0.25, 0.3) is 5.91 Å². The van der Waals surface area contributed by atoms with Crippen LogP contribution < -0.4 is 0 Å². The van der Waals surface area contributed by atoms with Crippen LogP contribution in [0, 0.1) is 5.82 Å². The smallest absolute Gasteiger partial charge is 0.329 e. The summed E-state index contributed by atoms with van der Waals surface area (Å²) in [6.07, 6.45) is 2.10. The molecule has 126 valence electrons. The third-order valence-electron chi connectivity index (χ3n) is 4.23. The van der Waals surface area contributed by atoms with Crippen LogP contribution in [0.1, 0.15) is 30.3 Å². The van der Waals surface area contributed by atoms with Crippen molar-refractivity contribution in [2.45, 2.75) is 25.3 Å². The molecular formula is C16H14BrFN2O4. The van der Waals surface area contributed by atoms with Gasteiger partial charge in [0.05, 0.1) is 5.56 Å². The molecule has 0 radical (unpaired) electrons. The Morgan fingerprint density at radius 2 is 2.21 bits per heavy atom. The van der Waals surface area contributed by atoms with E-state index in [1.54, 1.807) is 6.07 Å². The van der Waals surface area contributed by atoms with Gasteiger partial charge in [0.15, 0.2) is 5.69 Å². The van der Waals surface area contributed by atoms with E-state index in [1.165, 1.54) is 24.0 Å². The molecule has 1 saturated heterocycles. The number of benzene rings is 1. The molecule has 0 bridgehead atoms. The van der Waals surface area contributed by atoms with Crippen molar-refractivity contribution in [2.24, 2.45) is 0 Å². The first-order valence-electron chi connectivity index (χ1n) is 7.29. The molecule has 1 aliphatic rings. The maximum Gasteiger partial charge on any atom is 0.329 e. The molecule has 1 fully saturated rings. The number of carboxylic acids is 1. The first kappa shape index (κ1) is 16.6. The molecule has 24 heavy (non-hydrogen) atoms. The third-order valence-corrected chi connectivity index (χ3v) is 4.73. The van der Waals surface area contributed by atoms with Gasteiger partial charge in [0.1, 0.15) is 17.6 Å². The molecular weight excluding hydrogens is 383 g/mol. The summed E-state index contributed by atoms with van der Waals surface area (Å²) in [6.45, 7) is 1.84. The maximum atomic E-state index is 14.0. The Hall–Kier alpha value is -2.22. The van der Waals surface area contributed by atoms with Gasteiger partial charge in [-0.1, -0.05) is 15.9 Å². The Kier molecular flexibility index (Phi) is 4.16. The minimum Gasteiger partial charge on any atom is -0.480 e. The summed E-state index contributed by atoms with van der Waals surface area (Å²) in [5, 5.41) is 9.39. The molecule has 2 heterocycles. The molecule has 1 aliphatic heterocycles. The van der Waals surface area contributed by atoms with Crippen molar-refractivity contribution in [1.29, 1.82) is 0 Å². The van der Waals surface area contributed by atoms with E-state index >= 15 is 0 Å². The van der Waals surface area contributed by atoms with Crippen molar-refractivity contribution in [1.82, 2.24) is 9.88 Å². The topological polar surface area (TPSA) is 83.6 Å². The van der Waals surface area contributed by atoms with Crippen molar-refractivity contribution < 1.29 is 23.5 Å². The molecule has 1 amide bonds. The second kappa shape index (κ2) is 6.01. The number of carbonyl (C=O) groups is 2. The highest BCUT2D eigenvalue weighted by atomic mass is 79.9. The number of nitrogens with zero attached hydrogens (tertiary/aromatic N) is 2. The van der Waals surface area contributed by atoms with Crippen LogP contribution >= 0.6 is 15.9 Å². The van der Waals surface area contributed by atoms with E-state index in [-0.39, 0.29) is 17.1 Å². The molecule has 1 N–H and O–H groups in total. The lowest BCUT2D eigenvalue weighted by molar-refractivity contribution is -0.147. The summed E-state index contributed by atoms with van der Waals surface area (Å²) in [5.41, 5.74) is -1.18. The summed E-state index contributed by atoms with van der Waals surface area (Å²) in [5.74, 6) is -2.16. The van der Waals surface area contributed by atoms with E-state index in [2.05, 4.69) is 20.9 Å². The number of hydrogen-bond donors (Lipinski definition) is 1. The highest BCUT2D eigenvalue weighted by Gasteiger charge is 2.46. The Morgan fingerprint density at radius 1 is 1.46 bits per heavy atom. The minimum atomic E-state index is -1.26. The first-order valence-corrected chi connectivity index (χ1v) is 8.08. The number of halogens is 2. The standard InChI is InChI=1S/C16H14BrFN2O4/c1-16(15(22)23)5-2-6-20(16)14(21)12-8-24-13(19-12)10-4-3-9(17)7-11(10)18/h3-4,7-8H,2,5-6H2,1H3,(H,22,23). The monoisotopic (exact) mass is 396 g/mol. The van der Waals surface area contributed by atoms with E-state index < -0.39 is 23.2 Å². The molecule has 0 spiro atoms. The molecule has 3 rings (SSSR count). The van der Waals surface area contributed by atoms with Crippen molar-refractivity contribution >= 4 is 27.8 Å². The molecule has 6 nitrogen and oxygen atoms in total. The third kappa shape index (κ3) is 2.71. The molecule has 0 aliphatic carbocycles. The van der Waals surface area contributed by atoms with Gasteiger partial charge in [-0.25, -0.2) is 14.2 Å². The highest BCUT2D eigenvalue weighted by Crippen LogP contribution is 2.31. The van der Waals surface area contributed by atoms with Crippen LogP contribution in [0.15, 0.2) is 33.4 Å². The van der Waals surface area contributed by atoms with Crippen LogP contribution in [0.2, 0.25) is 0 Å². The fourth-order valence-corrected chi connectivity index (χ4v) is 3.14. The number of amides is 1. The number of oxazole rings is 1. The largest absolute Gasteiger partial charge is 0.480 e. The summed E-state index contributed by atoms with van der Waals surface area (Å²) < 4.78 is 19.8. The summed E-state index contributed by atoms with van der Waals surface area (Å²) in [4.78, 5) is 29.4. The number of aliphatic carboxylic acids is 1. The van der Waals surface area contributed by atoms with Crippen LogP contribution in [0.25, 0.3) is 11.5 Å². The first-order chi connectivity index (χ1) is 11.3. The minimum absolute atomic E-state index is 0.0282. The van der Waals surface area contributed by atoms with E-state index in [0.717, 1.165) is 6.26 Å². The van der Waals surface area contributed by atoms with E-state index in [4.69, 9.17) is 4.42 Å². The number of likely N-dealkylation sites (tertiary alicyclic amines) is 1. The Labute approximate surface area is 145 Å². The lowest BCUT2D eigenvalue weighted by Crippen LogP contribution is -2.50. The molecule has 2 aromatic rings. The average molecular weight is 397 g/mol. The Morgan fingerprint density at radius 3 is 2.88 bits per heavy atom. The molecule has 1 aromatic carbocycles. The summed E-state index contributed by atoms with van der Waals surface area (Å²) >= 11 is 3.16. The van der Waals surface area contributed by atoms with Crippen molar-refractivity contribution in [2.75, 3.05) is 6.54 Å². The van der Waals surface area contributed by atoms with Gasteiger partial charge < -0.3 is 14.4 Å². The Balaban J connectivity index is 1.90. The zero-order chi connectivity index (χ0) is 17.5. The number of hydrogen-bond acceptors (Lipinski definition) is 4. The van der Waals surface area contributed by atoms with E-state index in [9.17, 15) is 19.1 Å². The van der Waals surface area contributed by atoms with Gasteiger partial charge in [-0.2, -0.15) is 0 Å². The summed E-state index contributed by atoms with van der Waals surface area (Å²) in [7, 11) is 0. The van der Waals surface area contributed by atoms with Crippen LogP contribution in [0.3, 0.4) is 0 Å². The van der Waals surface area contributed by atoms with Gasteiger partial charge in [0.2, 0.25) is 5.89 Å². The van der Waals surface area contributed by atoms with Gasteiger partial charge in [0, 0.05) is 11.0 Å². The zero-order valence-electron chi connectivity index (χ0n) is 12.8. The van der Waals surface area contributed by atoms with Crippen LogP contribution in [-0.4, -0.2) is 39.0 Å². The normalized spacial score (nSPS) is 20.4. The predicted molar refractivity (Wildman–Crippen MR) is 85.9 cm³/mol. The molecule has 1 atom stereocenters.